The molecule has 0 aliphatic heterocycles. The van der Waals surface area contributed by atoms with Crippen LogP contribution in [-0.2, 0) is 16.1 Å². The fourth-order valence-electron chi connectivity index (χ4n) is 4.45. The van der Waals surface area contributed by atoms with Crippen molar-refractivity contribution in [2.24, 2.45) is 0 Å². The minimum absolute atomic E-state index is 0.332. The molecule has 2 aromatic carbocycles. The lowest BCUT2D eigenvalue weighted by Gasteiger charge is -2.12. The topological polar surface area (TPSA) is 57.0 Å². The number of fused-ring (bicyclic) bond motifs is 1. The van der Waals surface area contributed by atoms with Crippen LogP contribution in [0.25, 0.3) is 16.7 Å². The highest BCUT2D eigenvalue weighted by Crippen LogP contribution is 2.41. The van der Waals surface area contributed by atoms with Crippen LogP contribution in [0.5, 0.6) is 0 Å². The summed E-state index contributed by atoms with van der Waals surface area (Å²) in [5.41, 5.74) is 8.15. The molecule has 5 nitrogen and oxygen atoms in total. The Hall–Kier alpha value is -3.73. The highest BCUT2D eigenvalue weighted by Gasteiger charge is 2.30. The van der Waals surface area contributed by atoms with Gasteiger partial charge in [-0.15, -0.1) is 0 Å². The lowest BCUT2D eigenvalue weighted by molar-refractivity contribution is -0.137. The van der Waals surface area contributed by atoms with Gasteiger partial charge in [0.2, 0.25) is 0 Å². The molecule has 1 aliphatic rings. The lowest BCUT2D eigenvalue weighted by atomic mass is 9.96. The predicted molar refractivity (Wildman–Crippen MR) is 135 cm³/mol. The fraction of sp³-hybridized carbons (Fsp3) is 0.276. The molecule has 1 aliphatic carbocycles. The van der Waals surface area contributed by atoms with Crippen molar-refractivity contribution in [3.63, 3.8) is 0 Å². The van der Waals surface area contributed by atoms with E-state index in [0.29, 0.717) is 12.5 Å². The van der Waals surface area contributed by atoms with E-state index >= 15 is 0 Å². The van der Waals surface area contributed by atoms with Gasteiger partial charge in [0.25, 0.3) is 0 Å². The smallest absolute Gasteiger partial charge is 0.331 e. The number of rotatable bonds is 7. The summed E-state index contributed by atoms with van der Waals surface area (Å²) in [6.45, 7) is 7.04. The van der Waals surface area contributed by atoms with Gasteiger partial charge >= 0.3 is 5.97 Å². The van der Waals surface area contributed by atoms with Crippen molar-refractivity contribution in [3.05, 3.63) is 101 Å². The zero-order chi connectivity index (χ0) is 23.7. The Kier molecular flexibility index (Phi) is 6.01. The number of pyridine rings is 1. The van der Waals surface area contributed by atoms with Gasteiger partial charge in [-0.1, -0.05) is 54.6 Å². The Morgan fingerprint density at radius 3 is 2.41 bits per heavy atom. The summed E-state index contributed by atoms with van der Waals surface area (Å²) in [7, 11) is 0. The second-order valence-electron chi connectivity index (χ2n) is 8.96. The molecule has 2 heterocycles. The van der Waals surface area contributed by atoms with Crippen LogP contribution in [-0.4, -0.2) is 27.1 Å². The van der Waals surface area contributed by atoms with Gasteiger partial charge in [-0.05, 0) is 67.5 Å². The largest absolute Gasteiger partial charge is 0.463 e. The van der Waals surface area contributed by atoms with Crippen molar-refractivity contribution < 1.29 is 9.53 Å². The molecule has 5 heteroatoms. The van der Waals surface area contributed by atoms with E-state index in [1.54, 1.807) is 6.08 Å². The monoisotopic (exact) mass is 451 g/mol. The first kappa shape index (κ1) is 22.1. The van der Waals surface area contributed by atoms with Gasteiger partial charge in [-0.3, -0.25) is 0 Å². The number of imidazole rings is 1. The minimum Gasteiger partial charge on any atom is -0.463 e. The van der Waals surface area contributed by atoms with Crippen LogP contribution in [0.2, 0.25) is 0 Å². The molecule has 2 aromatic heterocycles. The van der Waals surface area contributed by atoms with E-state index in [2.05, 4.69) is 41.8 Å². The zero-order valence-electron chi connectivity index (χ0n) is 19.9. The van der Waals surface area contributed by atoms with Gasteiger partial charge in [0, 0.05) is 17.7 Å². The number of aryl methyl sites for hydroxylation is 2. The number of ether oxygens (including phenoxy) is 1. The molecule has 0 spiro atoms. The van der Waals surface area contributed by atoms with Crippen LogP contribution in [0, 0.1) is 13.8 Å². The molecule has 34 heavy (non-hydrogen) atoms. The van der Waals surface area contributed by atoms with Crippen molar-refractivity contribution in [3.8, 4) is 0 Å². The second kappa shape index (κ2) is 9.26. The van der Waals surface area contributed by atoms with E-state index in [1.807, 2.05) is 44.2 Å². The third-order valence-corrected chi connectivity index (χ3v) is 6.23. The summed E-state index contributed by atoms with van der Waals surface area (Å²) in [5, 5.41) is 0. The Bertz CT molecular complexity index is 1360. The number of esters is 1. The summed E-state index contributed by atoms with van der Waals surface area (Å²) in [5.74, 6) is 1.35. The average molecular weight is 452 g/mol. The standard InChI is InChI=1S/C29H29N3O2/c1-4-34-26(33)17-25(22-8-6-5-7-9-22)23-12-10-21(11-13-23)18-32-28(24-14-15-24)31-27-19(2)16-20(3)30-29(27)32/h5-13,16-17,24H,4,14-15,18H2,1-3H3. The summed E-state index contributed by atoms with van der Waals surface area (Å²) < 4.78 is 7.46. The molecule has 0 saturated heterocycles. The third-order valence-electron chi connectivity index (χ3n) is 6.23. The maximum Gasteiger partial charge on any atom is 0.331 e. The highest BCUT2D eigenvalue weighted by atomic mass is 16.5. The number of benzene rings is 2. The number of carbonyl (C=O) groups is 1. The first-order chi connectivity index (χ1) is 16.5. The first-order valence-corrected chi connectivity index (χ1v) is 11.9. The van der Waals surface area contributed by atoms with Crippen molar-refractivity contribution in [2.75, 3.05) is 6.61 Å². The van der Waals surface area contributed by atoms with Crippen LogP contribution >= 0.6 is 0 Å². The first-order valence-electron chi connectivity index (χ1n) is 11.9. The molecule has 0 unspecified atom stereocenters. The van der Waals surface area contributed by atoms with Crippen molar-refractivity contribution in [2.45, 2.75) is 46.1 Å². The van der Waals surface area contributed by atoms with Crippen LogP contribution in [0.4, 0.5) is 0 Å². The molecule has 0 radical (unpaired) electrons. The second-order valence-corrected chi connectivity index (χ2v) is 8.96. The summed E-state index contributed by atoms with van der Waals surface area (Å²) in [6, 6.07) is 20.5. The maximum absolute atomic E-state index is 12.2. The lowest BCUT2D eigenvalue weighted by Crippen LogP contribution is -2.06. The number of hydrogen-bond acceptors (Lipinski definition) is 4. The van der Waals surface area contributed by atoms with Gasteiger partial charge < -0.3 is 9.30 Å². The Balaban J connectivity index is 1.49. The molecule has 0 N–H and O–H groups in total. The van der Waals surface area contributed by atoms with Crippen molar-refractivity contribution in [1.82, 2.24) is 14.5 Å². The normalized spacial score (nSPS) is 13.9. The van der Waals surface area contributed by atoms with E-state index in [-0.39, 0.29) is 5.97 Å². The van der Waals surface area contributed by atoms with Crippen molar-refractivity contribution in [1.29, 1.82) is 0 Å². The van der Waals surface area contributed by atoms with E-state index < -0.39 is 0 Å². The molecule has 1 saturated carbocycles. The van der Waals surface area contributed by atoms with Crippen LogP contribution in [0.15, 0.2) is 66.7 Å². The fourth-order valence-corrected chi connectivity index (χ4v) is 4.45. The third kappa shape index (κ3) is 4.51. The number of hydrogen-bond donors (Lipinski definition) is 0. The molecule has 0 atom stereocenters. The predicted octanol–water partition coefficient (Wildman–Crippen LogP) is 5.97. The number of aromatic nitrogens is 3. The maximum atomic E-state index is 12.2. The molecule has 1 fully saturated rings. The summed E-state index contributed by atoms with van der Waals surface area (Å²) in [4.78, 5) is 22.1. The van der Waals surface area contributed by atoms with Crippen LogP contribution in [0.3, 0.4) is 0 Å². The Morgan fingerprint density at radius 2 is 1.74 bits per heavy atom. The van der Waals surface area contributed by atoms with E-state index in [9.17, 15) is 4.79 Å². The van der Waals surface area contributed by atoms with Gasteiger partial charge in [0.15, 0.2) is 5.65 Å². The highest BCUT2D eigenvalue weighted by molar-refractivity contribution is 5.96. The van der Waals surface area contributed by atoms with Gasteiger partial charge in [0.05, 0.1) is 13.2 Å². The SMILES string of the molecule is CCOC(=O)C=C(c1ccccc1)c1ccc(Cn2c(C3CC3)nc3c(C)cc(C)nc32)cc1. The van der Waals surface area contributed by atoms with Gasteiger partial charge in [-0.25, -0.2) is 14.8 Å². The van der Waals surface area contributed by atoms with Crippen molar-refractivity contribution >= 4 is 22.7 Å². The van der Waals surface area contributed by atoms with E-state index in [1.165, 1.54) is 24.0 Å². The number of carbonyl (C=O) groups excluding carboxylic acids is 1. The Morgan fingerprint density at radius 1 is 1.03 bits per heavy atom. The van der Waals surface area contributed by atoms with Gasteiger partial charge in [0.1, 0.15) is 11.3 Å². The van der Waals surface area contributed by atoms with Crippen LogP contribution < -0.4 is 0 Å². The quantitative estimate of drug-likeness (QED) is 0.257. The zero-order valence-corrected chi connectivity index (χ0v) is 19.9. The van der Waals surface area contributed by atoms with E-state index in [4.69, 9.17) is 14.7 Å². The molecule has 5 rings (SSSR count). The van der Waals surface area contributed by atoms with E-state index in [0.717, 1.165) is 45.9 Å². The molecular formula is C29H29N3O2. The number of nitrogens with zero attached hydrogens (tertiary/aromatic N) is 3. The van der Waals surface area contributed by atoms with Gasteiger partial charge in [-0.2, -0.15) is 0 Å². The summed E-state index contributed by atoms with van der Waals surface area (Å²) in [6.07, 6.45) is 3.97. The minimum atomic E-state index is -0.332. The average Bonchev–Trinajstić information content (AvgIpc) is 3.62. The molecule has 0 amide bonds. The summed E-state index contributed by atoms with van der Waals surface area (Å²) >= 11 is 0. The molecule has 0 bridgehead atoms. The molecule has 4 aromatic rings. The molecular weight excluding hydrogens is 422 g/mol. The Labute approximate surface area is 200 Å². The molecule has 172 valence electrons. The van der Waals surface area contributed by atoms with Crippen LogP contribution in [0.1, 0.15) is 59.5 Å².